The number of hydrogen-bond acceptors (Lipinski definition) is 3. The molecule has 1 aliphatic heterocycles. The lowest BCUT2D eigenvalue weighted by Crippen LogP contribution is -2.43. The predicted molar refractivity (Wildman–Crippen MR) is 102 cm³/mol. The van der Waals surface area contributed by atoms with Gasteiger partial charge in [-0.05, 0) is 42.5 Å². The Bertz CT molecular complexity index is 640. The van der Waals surface area contributed by atoms with Crippen molar-refractivity contribution >= 4 is 29.9 Å². The van der Waals surface area contributed by atoms with E-state index in [2.05, 4.69) is 26.9 Å². The predicted octanol–water partition coefficient (Wildman–Crippen LogP) is 2.43. The van der Waals surface area contributed by atoms with Gasteiger partial charge in [0, 0.05) is 31.7 Å². The molecule has 6 nitrogen and oxygen atoms in total. The van der Waals surface area contributed by atoms with Crippen LogP contribution in [-0.2, 0) is 6.54 Å². The van der Waals surface area contributed by atoms with E-state index in [1.54, 1.807) is 17.1 Å². The van der Waals surface area contributed by atoms with Gasteiger partial charge < -0.3 is 10.6 Å². The second-order valence-corrected chi connectivity index (χ2v) is 5.84. The molecular weight excluding hydrogens is 403 g/mol. The molecule has 2 aromatic heterocycles. The largest absolute Gasteiger partial charge is 0.370 e. The Morgan fingerprint density at radius 2 is 2.30 bits per heavy atom. The molecule has 0 aliphatic carbocycles. The Balaban J connectivity index is 0.00000192. The second-order valence-electron chi connectivity index (χ2n) is 5.84. The van der Waals surface area contributed by atoms with Crippen molar-refractivity contribution in [2.45, 2.75) is 26.3 Å². The lowest BCUT2D eigenvalue weighted by Gasteiger charge is -2.31. The summed E-state index contributed by atoms with van der Waals surface area (Å²) in [5.41, 5.74) is 7.21. The minimum atomic E-state index is 0. The Morgan fingerprint density at radius 3 is 3.04 bits per heavy atom. The summed E-state index contributed by atoms with van der Waals surface area (Å²) in [6.45, 7) is 4.84. The van der Waals surface area contributed by atoms with Crippen molar-refractivity contribution in [1.29, 1.82) is 0 Å². The van der Waals surface area contributed by atoms with Gasteiger partial charge in [0.25, 0.3) is 0 Å². The molecule has 0 aromatic carbocycles. The van der Waals surface area contributed by atoms with Gasteiger partial charge in [-0.1, -0.05) is 6.92 Å². The molecule has 1 aliphatic rings. The summed E-state index contributed by atoms with van der Waals surface area (Å²) in [5.74, 6) is 2.13. The smallest absolute Gasteiger partial charge is 0.191 e. The van der Waals surface area contributed by atoms with Crippen molar-refractivity contribution in [1.82, 2.24) is 19.7 Å². The average molecular weight is 426 g/mol. The number of aromatic nitrogens is 3. The number of guanidine groups is 1. The van der Waals surface area contributed by atoms with Gasteiger partial charge in [-0.2, -0.15) is 5.10 Å². The molecule has 0 bridgehead atoms. The van der Waals surface area contributed by atoms with E-state index < -0.39 is 0 Å². The standard InChI is InChI=1S/C16H22N6.HI/c1-13-4-2-8-21(12-13)16(17)19-11-14-5-7-18-15(10-14)22-9-3-6-20-22;/h3,5-7,9-10,13H,2,4,8,11-12H2,1H3,(H2,17,19);1H. The lowest BCUT2D eigenvalue weighted by atomic mass is 10.0. The molecule has 1 atom stereocenters. The van der Waals surface area contributed by atoms with Crippen molar-refractivity contribution < 1.29 is 0 Å². The third kappa shape index (κ3) is 4.66. The molecule has 3 heterocycles. The molecule has 0 radical (unpaired) electrons. The fourth-order valence-electron chi connectivity index (χ4n) is 2.76. The molecule has 1 saturated heterocycles. The van der Waals surface area contributed by atoms with Gasteiger partial charge in [-0.15, -0.1) is 24.0 Å². The highest BCUT2D eigenvalue weighted by Crippen LogP contribution is 2.15. The molecule has 2 N–H and O–H groups in total. The highest BCUT2D eigenvalue weighted by Gasteiger charge is 2.17. The zero-order valence-electron chi connectivity index (χ0n) is 13.3. The first-order valence-corrected chi connectivity index (χ1v) is 7.72. The number of nitrogens with zero attached hydrogens (tertiary/aromatic N) is 5. The fourth-order valence-corrected chi connectivity index (χ4v) is 2.76. The van der Waals surface area contributed by atoms with Gasteiger partial charge in [0.05, 0.1) is 6.54 Å². The maximum Gasteiger partial charge on any atom is 0.191 e. The first-order valence-electron chi connectivity index (χ1n) is 7.72. The van der Waals surface area contributed by atoms with Crippen LogP contribution in [0.3, 0.4) is 0 Å². The van der Waals surface area contributed by atoms with Gasteiger partial charge in [-0.3, -0.25) is 0 Å². The van der Waals surface area contributed by atoms with Crippen LogP contribution in [0.15, 0.2) is 41.8 Å². The number of halogens is 1. The van der Waals surface area contributed by atoms with Gasteiger partial charge >= 0.3 is 0 Å². The van der Waals surface area contributed by atoms with Crippen LogP contribution in [0.2, 0.25) is 0 Å². The van der Waals surface area contributed by atoms with Crippen molar-refractivity contribution in [3.63, 3.8) is 0 Å². The van der Waals surface area contributed by atoms with E-state index in [-0.39, 0.29) is 24.0 Å². The quantitative estimate of drug-likeness (QED) is 0.465. The summed E-state index contributed by atoms with van der Waals surface area (Å²) in [6, 6.07) is 5.83. The summed E-state index contributed by atoms with van der Waals surface area (Å²) in [4.78, 5) is 11.0. The van der Waals surface area contributed by atoms with E-state index in [4.69, 9.17) is 5.73 Å². The number of likely N-dealkylation sites (tertiary alicyclic amines) is 1. The lowest BCUT2D eigenvalue weighted by molar-refractivity contribution is 0.270. The van der Waals surface area contributed by atoms with E-state index in [0.717, 1.165) is 24.5 Å². The van der Waals surface area contributed by atoms with E-state index in [0.29, 0.717) is 18.4 Å². The normalized spacial score (nSPS) is 18.6. The van der Waals surface area contributed by atoms with Crippen molar-refractivity contribution in [2.24, 2.45) is 16.6 Å². The average Bonchev–Trinajstić information content (AvgIpc) is 3.07. The van der Waals surface area contributed by atoms with Crippen LogP contribution in [0.5, 0.6) is 0 Å². The van der Waals surface area contributed by atoms with Crippen LogP contribution in [-0.4, -0.2) is 38.7 Å². The Kier molecular flexibility index (Phi) is 6.37. The van der Waals surface area contributed by atoms with Gasteiger partial charge in [0.2, 0.25) is 0 Å². The van der Waals surface area contributed by atoms with Gasteiger partial charge in [0.1, 0.15) is 0 Å². The molecule has 2 aromatic rings. The number of hydrogen-bond donors (Lipinski definition) is 1. The number of piperidine rings is 1. The molecule has 0 spiro atoms. The molecule has 124 valence electrons. The van der Waals surface area contributed by atoms with E-state index >= 15 is 0 Å². The topological polar surface area (TPSA) is 72.3 Å². The van der Waals surface area contributed by atoms with Crippen molar-refractivity contribution in [3.05, 3.63) is 42.4 Å². The monoisotopic (exact) mass is 426 g/mol. The second kappa shape index (κ2) is 8.28. The first kappa shape index (κ1) is 17.7. The summed E-state index contributed by atoms with van der Waals surface area (Å²) >= 11 is 0. The first-order chi connectivity index (χ1) is 10.7. The molecule has 0 amide bonds. The third-order valence-corrected chi connectivity index (χ3v) is 3.95. The van der Waals surface area contributed by atoms with Crippen LogP contribution in [0.1, 0.15) is 25.3 Å². The number of aliphatic imine (C=N–C) groups is 1. The molecule has 1 fully saturated rings. The molecule has 23 heavy (non-hydrogen) atoms. The fraction of sp³-hybridized carbons (Fsp3) is 0.438. The van der Waals surface area contributed by atoms with E-state index in [1.165, 1.54) is 12.8 Å². The zero-order valence-corrected chi connectivity index (χ0v) is 15.6. The number of nitrogens with two attached hydrogens (primary N) is 1. The molecular formula is C16H23IN6. The van der Waals surface area contributed by atoms with E-state index in [9.17, 15) is 0 Å². The molecule has 7 heteroatoms. The highest BCUT2D eigenvalue weighted by atomic mass is 127. The Labute approximate surface area is 153 Å². The van der Waals surface area contributed by atoms with Crippen molar-refractivity contribution in [3.8, 4) is 5.82 Å². The van der Waals surface area contributed by atoms with Crippen LogP contribution < -0.4 is 5.73 Å². The van der Waals surface area contributed by atoms with Gasteiger partial charge in [0.15, 0.2) is 11.8 Å². The van der Waals surface area contributed by atoms with Gasteiger partial charge in [-0.25, -0.2) is 14.7 Å². The summed E-state index contributed by atoms with van der Waals surface area (Å²) in [5, 5.41) is 4.19. The SMILES string of the molecule is CC1CCCN(C(N)=NCc2ccnc(-n3cccn3)c2)C1.I. The molecule has 1 unspecified atom stereocenters. The minimum absolute atomic E-state index is 0. The Hall–Kier alpha value is -1.64. The maximum absolute atomic E-state index is 6.13. The third-order valence-electron chi connectivity index (χ3n) is 3.95. The van der Waals surface area contributed by atoms with Crippen LogP contribution in [0, 0.1) is 5.92 Å². The summed E-state index contributed by atoms with van der Waals surface area (Å²) in [7, 11) is 0. The van der Waals surface area contributed by atoms with Crippen LogP contribution in [0.4, 0.5) is 0 Å². The number of pyridine rings is 1. The van der Waals surface area contributed by atoms with Crippen molar-refractivity contribution in [2.75, 3.05) is 13.1 Å². The van der Waals surface area contributed by atoms with E-state index in [1.807, 2.05) is 24.4 Å². The number of rotatable bonds is 3. The summed E-state index contributed by atoms with van der Waals surface area (Å²) in [6.07, 6.45) is 7.86. The highest BCUT2D eigenvalue weighted by molar-refractivity contribution is 14.0. The molecule has 3 rings (SSSR count). The van der Waals surface area contributed by atoms with Crippen LogP contribution in [0.25, 0.3) is 5.82 Å². The Morgan fingerprint density at radius 1 is 1.43 bits per heavy atom. The maximum atomic E-state index is 6.13. The minimum Gasteiger partial charge on any atom is -0.370 e. The zero-order chi connectivity index (χ0) is 15.4. The summed E-state index contributed by atoms with van der Waals surface area (Å²) < 4.78 is 1.74. The molecule has 0 saturated carbocycles. The van der Waals surface area contributed by atoms with Crippen LogP contribution >= 0.6 is 24.0 Å².